The smallest absolute Gasteiger partial charge is 0.239 e. The number of carbonyl (C=O) groups is 2. The summed E-state index contributed by atoms with van der Waals surface area (Å²) < 4.78 is 23.7. The number of nitrogens with zero attached hydrogens (tertiary/aromatic N) is 2. The summed E-state index contributed by atoms with van der Waals surface area (Å²) >= 11 is 3.42. The van der Waals surface area contributed by atoms with Crippen LogP contribution in [-0.4, -0.2) is 56.3 Å². The summed E-state index contributed by atoms with van der Waals surface area (Å²) in [6, 6.07) is 7.40. The maximum Gasteiger partial charge on any atom is 0.239 e. The molecule has 2 heterocycles. The maximum absolute atomic E-state index is 12.6. The van der Waals surface area contributed by atoms with Crippen molar-refractivity contribution in [1.82, 2.24) is 4.90 Å². The number of hydrogen-bond acceptors (Lipinski definition) is 4. The molecule has 2 aliphatic heterocycles. The van der Waals surface area contributed by atoms with Crippen LogP contribution in [-0.2, 0) is 19.4 Å². The largest absolute Gasteiger partial charge is 0.340 e. The predicted octanol–water partition coefficient (Wildman–Crippen LogP) is 1.06. The number of hydrogen-bond donors (Lipinski definition) is 0. The molecular formula is C15H17BrN2O4S. The first-order valence-electron chi connectivity index (χ1n) is 7.44. The van der Waals surface area contributed by atoms with E-state index in [1.807, 2.05) is 24.3 Å². The Morgan fingerprint density at radius 2 is 1.78 bits per heavy atom. The van der Waals surface area contributed by atoms with E-state index in [-0.39, 0.29) is 36.4 Å². The van der Waals surface area contributed by atoms with Crippen LogP contribution in [0.4, 0.5) is 5.69 Å². The Morgan fingerprint density at radius 1 is 1.13 bits per heavy atom. The van der Waals surface area contributed by atoms with Gasteiger partial charge in [0.15, 0.2) is 9.84 Å². The minimum Gasteiger partial charge on any atom is -0.340 e. The molecule has 2 aliphatic rings. The molecule has 1 unspecified atom stereocenters. The highest BCUT2D eigenvalue weighted by Crippen LogP contribution is 2.32. The molecule has 6 nitrogen and oxygen atoms in total. The van der Waals surface area contributed by atoms with Crippen molar-refractivity contribution in [3.05, 3.63) is 28.7 Å². The van der Waals surface area contributed by atoms with Gasteiger partial charge in [0, 0.05) is 24.1 Å². The summed E-state index contributed by atoms with van der Waals surface area (Å²) in [5.74, 6) is -1.21. The van der Waals surface area contributed by atoms with Gasteiger partial charge in [0.1, 0.15) is 5.92 Å². The van der Waals surface area contributed by atoms with Gasteiger partial charge >= 0.3 is 0 Å². The van der Waals surface area contributed by atoms with E-state index in [4.69, 9.17) is 0 Å². The van der Waals surface area contributed by atoms with Crippen LogP contribution in [0.25, 0.3) is 0 Å². The number of amides is 2. The van der Waals surface area contributed by atoms with E-state index < -0.39 is 15.8 Å². The third-order valence-electron chi connectivity index (χ3n) is 4.30. The Labute approximate surface area is 143 Å². The van der Waals surface area contributed by atoms with Gasteiger partial charge in [-0.3, -0.25) is 9.59 Å². The van der Waals surface area contributed by atoms with Crippen molar-refractivity contribution in [3.63, 3.8) is 0 Å². The average Bonchev–Trinajstić information content (AvgIpc) is 2.89. The second kappa shape index (κ2) is 6.24. The SMILES string of the molecule is O=C(C1CCN(c2ccccc2Br)C1=O)N1CCS(=O)(=O)CC1. The lowest BCUT2D eigenvalue weighted by Crippen LogP contribution is -2.47. The van der Waals surface area contributed by atoms with Crippen molar-refractivity contribution in [1.29, 1.82) is 0 Å². The lowest BCUT2D eigenvalue weighted by molar-refractivity contribution is -0.139. The zero-order valence-electron chi connectivity index (χ0n) is 12.4. The van der Waals surface area contributed by atoms with Crippen LogP contribution in [0, 0.1) is 5.92 Å². The number of anilines is 1. The molecule has 0 aromatic heterocycles. The molecule has 8 heteroatoms. The fraction of sp³-hybridized carbons (Fsp3) is 0.467. The van der Waals surface area contributed by atoms with Crippen molar-refractivity contribution >= 4 is 43.3 Å². The van der Waals surface area contributed by atoms with E-state index in [0.29, 0.717) is 13.0 Å². The topological polar surface area (TPSA) is 74.8 Å². The van der Waals surface area contributed by atoms with Crippen LogP contribution in [0.3, 0.4) is 0 Å². The Bertz CT molecular complexity index is 736. The van der Waals surface area contributed by atoms with Crippen LogP contribution in [0.2, 0.25) is 0 Å². The first-order chi connectivity index (χ1) is 10.9. The molecule has 2 fully saturated rings. The predicted molar refractivity (Wildman–Crippen MR) is 89.8 cm³/mol. The second-order valence-corrected chi connectivity index (χ2v) is 8.92. The lowest BCUT2D eigenvalue weighted by atomic mass is 10.1. The molecule has 0 saturated carbocycles. The van der Waals surface area contributed by atoms with E-state index in [1.165, 1.54) is 4.90 Å². The van der Waals surface area contributed by atoms with Gasteiger partial charge in [-0.15, -0.1) is 0 Å². The van der Waals surface area contributed by atoms with Crippen LogP contribution in [0.5, 0.6) is 0 Å². The molecular weight excluding hydrogens is 384 g/mol. The van der Waals surface area contributed by atoms with Crippen LogP contribution < -0.4 is 4.90 Å². The number of benzene rings is 1. The zero-order valence-corrected chi connectivity index (χ0v) is 14.8. The molecule has 0 radical (unpaired) electrons. The third-order valence-corrected chi connectivity index (χ3v) is 6.58. The van der Waals surface area contributed by atoms with Crippen molar-refractivity contribution in [2.45, 2.75) is 6.42 Å². The average molecular weight is 401 g/mol. The molecule has 124 valence electrons. The van der Waals surface area contributed by atoms with E-state index in [9.17, 15) is 18.0 Å². The molecule has 0 spiro atoms. The monoisotopic (exact) mass is 400 g/mol. The minimum atomic E-state index is -3.04. The highest BCUT2D eigenvalue weighted by molar-refractivity contribution is 9.10. The minimum absolute atomic E-state index is 0.0202. The Morgan fingerprint density at radius 3 is 2.43 bits per heavy atom. The fourth-order valence-electron chi connectivity index (χ4n) is 2.97. The highest BCUT2D eigenvalue weighted by Gasteiger charge is 2.41. The van der Waals surface area contributed by atoms with E-state index in [1.54, 1.807) is 4.90 Å². The summed E-state index contributed by atoms with van der Waals surface area (Å²) in [6.07, 6.45) is 0.461. The fourth-order valence-corrected chi connectivity index (χ4v) is 4.67. The molecule has 23 heavy (non-hydrogen) atoms. The first-order valence-corrected chi connectivity index (χ1v) is 10.1. The Kier molecular flexibility index (Phi) is 4.46. The van der Waals surface area contributed by atoms with Crippen LogP contribution in [0.1, 0.15) is 6.42 Å². The number of rotatable bonds is 2. The highest BCUT2D eigenvalue weighted by atomic mass is 79.9. The number of sulfone groups is 1. The molecule has 2 saturated heterocycles. The van der Waals surface area contributed by atoms with Crippen LogP contribution in [0.15, 0.2) is 28.7 Å². The lowest BCUT2D eigenvalue weighted by Gasteiger charge is -2.28. The normalized spacial score (nSPS) is 24.0. The summed E-state index contributed by atoms with van der Waals surface area (Å²) in [7, 11) is -3.04. The summed E-state index contributed by atoms with van der Waals surface area (Å²) in [5.41, 5.74) is 0.758. The van der Waals surface area contributed by atoms with Gasteiger partial charge < -0.3 is 9.80 Å². The number of carbonyl (C=O) groups excluding carboxylic acids is 2. The number of halogens is 1. The molecule has 0 N–H and O–H groups in total. The van der Waals surface area contributed by atoms with Crippen molar-refractivity contribution in [2.75, 3.05) is 36.0 Å². The quantitative estimate of drug-likeness (QED) is 0.695. The van der Waals surface area contributed by atoms with Gasteiger partial charge in [0.2, 0.25) is 11.8 Å². The molecule has 2 amide bonds. The van der Waals surface area contributed by atoms with E-state index in [0.717, 1.165) is 10.2 Å². The molecule has 0 aliphatic carbocycles. The first kappa shape index (κ1) is 16.4. The van der Waals surface area contributed by atoms with Gasteiger partial charge in [-0.1, -0.05) is 12.1 Å². The molecule has 1 aromatic carbocycles. The third kappa shape index (κ3) is 3.28. The standard InChI is InChI=1S/C15H17BrN2O4S/c16-12-3-1-2-4-13(12)18-6-5-11(15(18)20)14(19)17-7-9-23(21,22)10-8-17/h1-4,11H,5-10H2. The summed E-state index contributed by atoms with van der Waals surface area (Å²) in [4.78, 5) is 28.3. The van der Waals surface area contributed by atoms with Crippen LogP contribution >= 0.6 is 15.9 Å². The molecule has 1 atom stereocenters. The molecule has 0 bridgehead atoms. The van der Waals surface area contributed by atoms with Gasteiger partial charge in [-0.2, -0.15) is 0 Å². The summed E-state index contributed by atoms with van der Waals surface area (Å²) in [5, 5.41) is 0. The van der Waals surface area contributed by atoms with Gasteiger partial charge in [-0.25, -0.2) is 8.42 Å². The molecule has 1 aromatic rings. The Balaban J connectivity index is 1.72. The van der Waals surface area contributed by atoms with Crippen molar-refractivity contribution in [2.24, 2.45) is 5.92 Å². The van der Waals surface area contributed by atoms with E-state index in [2.05, 4.69) is 15.9 Å². The van der Waals surface area contributed by atoms with Gasteiger partial charge in [0.25, 0.3) is 0 Å². The molecule has 3 rings (SSSR count). The summed E-state index contributed by atoms with van der Waals surface area (Å²) in [6.45, 7) is 0.851. The number of para-hydroxylation sites is 1. The van der Waals surface area contributed by atoms with Crippen molar-refractivity contribution < 1.29 is 18.0 Å². The van der Waals surface area contributed by atoms with Gasteiger partial charge in [-0.05, 0) is 34.5 Å². The van der Waals surface area contributed by atoms with E-state index >= 15 is 0 Å². The second-order valence-electron chi connectivity index (χ2n) is 5.76. The zero-order chi connectivity index (χ0) is 16.6. The Hall–Kier alpha value is -1.41. The van der Waals surface area contributed by atoms with Gasteiger partial charge in [0.05, 0.1) is 17.2 Å². The van der Waals surface area contributed by atoms with Crippen molar-refractivity contribution in [3.8, 4) is 0 Å². The maximum atomic E-state index is 12.6.